The maximum absolute atomic E-state index is 11.2. The number of hydrogen-bond donors (Lipinski definition) is 0. The molecule has 1 unspecified atom stereocenters. The van der Waals surface area contributed by atoms with E-state index in [2.05, 4.69) is 0 Å². The van der Waals surface area contributed by atoms with Crippen LogP contribution in [0.2, 0.25) is 0 Å². The topological polar surface area (TPSA) is 35.5 Å². The molecule has 1 heterocycles. The number of cyclic esters (lactones) is 1. The minimum absolute atomic E-state index is 0.0342. The lowest BCUT2D eigenvalue weighted by Gasteiger charge is -2.06. The lowest BCUT2D eigenvalue weighted by molar-refractivity contribution is -0.141. The lowest BCUT2D eigenvalue weighted by Crippen LogP contribution is -2.08. The maximum atomic E-state index is 11.2. The monoisotopic (exact) mass is 234 g/mol. The van der Waals surface area contributed by atoms with Crippen molar-refractivity contribution in [1.82, 2.24) is 0 Å². The van der Waals surface area contributed by atoms with Crippen molar-refractivity contribution in [2.75, 3.05) is 13.2 Å². The largest absolute Gasteiger partial charge is 0.465 e. The summed E-state index contributed by atoms with van der Waals surface area (Å²) in [4.78, 5) is 11.2. The van der Waals surface area contributed by atoms with E-state index >= 15 is 0 Å². The summed E-state index contributed by atoms with van der Waals surface area (Å²) >= 11 is 0. The summed E-state index contributed by atoms with van der Waals surface area (Å²) in [6.45, 7) is 1.95. The summed E-state index contributed by atoms with van der Waals surface area (Å²) < 4.78 is 10.5. The Morgan fingerprint density at radius 1 is 1.29 bits per heavy atom. The van der Waals surface area contributed by atoms with Crippen LogP contribution in [0, 0.1) is 5.92 Å². The number of esters is 1. The molecule has 1 aromatic carbocycles. The summed E-state index contributed by atoms with van der Waals surface area (Å²) in [5.41, 5.74) is 1.19. The van der Waals surface area contributed by atoms with Gasteiger partial charge in [-0.05, 0) is 24.8 Å². The zero-order chi connectivity index (χ0) is 11.9. The Labute approximate surface area is 102 Å². The third-order valence-electron chi connectivity index (χ3n) is 3.00. The van der Waals surface area contributed by atoms with E-state index in [-0.39, 0.29) is 11.9 Å². The van der Waals surface area contributed by atoms with Crippen LogP contribution in [0.4, 0.5) is 0 Å². The van der Waals surface area contributed by atoms with Crippen molar-refractivity contribution >= 4 is 5.97 Å². The Morgan fingerprint density at radius 3 is 2.82 bits per heavy atom. The smallest absolute Gasteiger partial charge is 0.309 e. The highest BCUT2D eigenvalue weighted by Gasteiger charge is 2.25. The Morgan fingerprint density at radius 2 is 2.12 bits per heavy atom. The zero-order valence-electron chi connectivity index (χ0n) is 9.93. The number of carbonyl (C=O) groups excluding carboxylic acids is 1. The molecular formula is C14H18O3. The van der Waals surface area contributed by atoms with Crippen molar-refractivity contribution < 1.29 is 14.3 Å². The molecule has 1 fully saturated rings. The van der Waals surface area contributed by atoms with Crippen LogP contribution in [0.25, 0.3) is 0 Å². The first-order chi connectivity index (χ1) is 8.36. The van der Waals surface area contributed by atoms with Crippen molar-refractivity contribution in [3.63, 3.8) is 0 Å². The SMILES string of the molecule is O=C1OCCC1CCCOCc1ccccc1. The van der Waals surface area contributed by atoms with Gasteiger partial charge in [0.15, 0.2) is 0 Å². The number of benzene rings is 1. The number of hydrogen-bond acceptors (Lipinski definition) is 3. The van der Waals surface area contributed by atoms with Crippen LogP contribution in [-0.2, 0) is 20.9 Å². The molecule has 0 aromatic heterocycles. The molecule has 0 amide bonds. The van der Waals surface area contributed by atoms with Crippen LogP contribution in [-0.4, -0.2) is 19.2 Å². The van der Waals surface area contributed by atoms with Gasteiger partial charge in [-0.25, -0.2) is 0 Å². The van der Waals surface area contributed by atoms with Gasteiger partial charge in [0.05, 0.1) is 19.1 Å². The fourth-order valence-corrected chi connectivity index (χ4v) is 2.00. The van der Waals surface area contributed by atoms with E-state index in [0.29, 0.717) is 19.8 Å². The molecule has 0 spiro atoms. The molecule has 0 N–H and O–H groups in total. The first kappa shape index (κ1) is 12.1. The summed E-state index contributed by atoms with van der Waals surface area (Å²) in [6.07, 6.45) is 2.68. The molecule has 17 heavy (non-hydrogen) atoms. The molecule has 1 saturated heterocycles. The molecule has 1 aliphatic heterocycles. The number of carbonyl (C=O) groups is 1. The van der Waals surface area contributed by atoms with E-state index in [1.54, 1.807) is 0 Å². The van der Waals surface area contributed by atoms with Gasteiger partial charge in [0.25, 0.3) is 0 Å². The van der Waals surface area contributed by atoms with Crippen LogP contribution in [0.5, 0.6) is 0 Å². The van der Waals surface area contributed by atoms with Gasteiger partial charge in [-0.15, -0.1) is 0 Å². The van der Waals surface area contributed by atoms with E-state index in [1.807, 2.05) is 30.3 Å². The highest BCUT2D eigenvalue weighted by molar-refractivity contribution is 5.73. The fraction of sp³-hybridized carbons (Fsp3) is 0.500. The average Bonchev–Trinajstić information content (AvgIpc) is 2.76. The van der Waals surface area contributed by atoms with Crippen LogP contribution in [0.3, 0.4) is 0 Å². The lowest BCUT2D eigenvalue weighted by atomic mass is 10.0. The summed E-state index contributed by atoms with van der Waals surface area (Å²) in [5.74, 6) is 0.0726. The van der Waals surface area contributed by atoms with Gasteiger partial charge in [-0.2, -0.15) is 0 Å². The van der Waals surface area contributed by atoms with Gasteiger partial charge in [-0.1, -0.05) is 30.3 Å². The molecule has 3 heteroatoms. The van der Waals surface area contributed by atoms with Gasteiger partial charge in [0.1, 0.15) is 0 Å². The van der Waals surface area contributed by atoms with E-state index < -0.39 is 0 Å². The quantitative estimate of drug-likeness (QED) is 0.560. The first-order valence-corrected chi connectivity index (χ1v) is 6.14. The normalized spacial score (nSPS) is 19.3. The van der Waals surface area contributed by atoms with Crippen molar-refractivity contribution in [2.24, 2.45) is 5.92 Å². The Bertz CT molecular complexity index is 348. The minimum Gasteiger partial charge on any atom is -0.465 e. The fourth-order valence-electron chi connectivity index (χ4n) is 2.00. The molecule has 0 radical (unpaired) electrons. The second-order valence-corrected chi connectivity index (χ2v) is 4.33. The predicted octanol–water partition coefficient (Wildman–Crippen LogP) is 2.55. The molecule has 2 rings (SSSR count). The van der Waals surface area contributed by atoms with Crippen LogP contribution >= 0.6 is 0 Å². The van der Waals surface area contributed by atoms with E-state index in [1.165, 1.54) is 5.56 Å². The van der Waals surface area contributed by atoms with Crippen molar-refractivity contribution in [1.29, 1.82) is 0 Å². The molecule has 0 aliphatic carbocycles. The first-order valence-electron chi connectivity index (χ1n) is 6.14. The number of rotatable bonds is 6. The van der Waals surface area contributed by atoms with Gasteiger partial charge >= 0.3 is 5.97 Å². The van der Waals surface area contributed by atoms with Crippen molar-refractivity contribution in [3.8, 4) is 0 Å². The maximum Gasteiger partial charge on any atom is 0.309 e. The Kier molecular flexibility index (Phi) is 4.56. The van der Waals surface area contributed by atoms with E-state index in [0.717, 1.165) is 19.3 Å². The highest BCUT2D eigenvalue weighted by atomic mass is 16.5. The Hall–Kier alpha value is -1.35. The van der Waals surface area contributed by atoms with Gasteiger partial charge in [-0.3, -0.25) is 4.79 Å². The predicted molar refractivity (Wildman–Crippen MR) is 64.4 cm³/mol. The van der Waals surface area contributed by atoms with Crippen molar-refractivity contribution in [3.05, 3.63) is 35.9 Å². The average molecular weight is 234 g/mol. The van der Waals surface area contributed by atoms with Gasteiger partial charge in [0, 0.05) is 6.61 Å². The summed E-state index contributed by atoms with van der Waals surface area (Å²) in [7, 11) is 0. The van der Waals surface area contributed by atoms with E-state index in [4.69, 9.17) is 9.47 Å². The summed E-state index contributed by atoms with van der Waals surface area (Å²) in [5, 5.41) is 0. The number of ether oxygens (including phenoxy) is 2. The molecule has 1 aromatic rings. The molecule has 92 valence electrons. The van der Waals surface area contributed by atoms with Crippen LogP contribution in [0.15, 0.2) is 30.3 Å². The van der Waals surface area contributed by atoms with Gasteiger partial charge < -0.3 is 9.47 Å². The zero-order valence-corrected chi connectivity index (χ0v) is 9.93. The molecule has 0 bridgehead atoms. The second-order valence-electron chi connectivity index (χ2n) is 4.33. The molecule has 1 aliphatic rings. The minimum atomic E-state index is -0.0342. The van der Waals surface area contributed by atoms with Crippen LogP contribution in [0.1, 0.15) is 24.8 Å². The Balaban J connectivity index is 1.56. The van der Waals surface area contributed by atoms with E-state index in [9.17, 15) is 4.79 Å². The second kappa shape index (κ2) is 6.40. The standard InChI is InChI=1S/C14H18O3/c15-14-13(8-10-17-14)7-4-9-16-11-12-5-2-1-3-6-12/h1-3,5-6,13H,4,7-11H2. The third-order valence-corrected chi connectivity index (χ3v) is 3.00. The molecule has 0 saturated carbocycles. The van der Waals surface area contributed by atoms with Crippen LogP contribution < -0.4 is 0 Å². The van der Waals surface area contributed by atoms with Crippen molar-refractivity contribution in [2.45, 2.75) is 25.9 Å². The molecule has 1 atom stereocenters. The van der Waals surface area contributed by atoms with Gasteiger partial charge in [0.2, 0.25) is 0 Å². The summed E-state index contributed by atoms with van der Waals surface area (Å²) in [6, 6.07) is 10.1. The molecule has 3 nitrogen and oxygen atoms in total. The highest BCUT2D eigenvalue weighted by Crippen LogP contribution is 2.19. The third kappa shape index (κ3) is 3.86. The molecular weight excluding hydrogens is 216 g/mol.